The zero-order valence-corrected chi connectivity index (χ0v) is 16.5. The lowest BCUT2D eigenvalue weighted by Crippen LogP contribution is -2.44. The highest BCUT2D eigenvalue weighted by Gasteiger charge is 2.14. The van der Waals surface area contributed by atoms with Crippen LogP contribution in [-0.2, 0) is 4.79 Å². The lowest BCUT2D eigenvalue weighted by Gasteiger charge is -2.34. The Morgan fingerprint density at radius 2 is 1.77 bits per heavy atom. The van der Waals surface area contributed by atoms with Crippen LogP contribution in [0.4, 0.5) is 11.4 Å². The van der Waals surface area contributed by atoms with Gasteiger partial charge in [-0.3, -0.25) is 4.79 Å². The van der Waals surface area contributed by atoms with Gasteiger partial charge in [-0.15, -0.1) is 11.8 Å². The number of hydrogen-bond acceptors (Lipinski definition) is 4. The highest BCUT2D eigenvalue weighted by Crippen LogP contribution is 2.27. The summed E-state index contributed by atoms with van der Waals surface area (Å²) in [5, 5.41) is 3.70. The predicted molar refractivity (Wildman–Crippen MR) is 112 cm³/mol. The van der Waals surface area contributed by atoms with Crippen molar-refractivity contribution in [1.29, 1.82) is 0 Å². The number of halogens is 1. The Hall–Kier alpha value is -1.69. The van der Waals surface area contributed by atoms with E-state index in [1.54, 1.807) is 11.8 Å². The van der Waals surface area contributed by atoms with Crippen LogP contribution in [0.2, 0.25) is 5.02 Å². The van der Waals surface area contributed by atoms with Crippen molar-refractivity contribution in [2.24, 2.45) is 0 Å². The van der Waals surface area contributed by atoms with Crippen LogP contribution >= 0.6 is 23.4 Å². The van der Waals surface area contributed by atoms with E-state index in [0.717, 1.165) is 41.8 Å². The van der Waals surface area contributed by atoms with Crippen LogP contribution in [0, 0.1) is 0 Å². The molecule has 1 saturated heterocycles. The Labute approximate surface area is 164 Å². The summed E-state index contributed by atoms with van der Waals surface area (Å²) in [7, 11) is 2.15. The molecular formula is C20H24ClN3OS. The maximum absolute atomic E-state index is 12.1. The lowest BCUT2D eigenvalue weighted by molar-refractivity contribution is -0.115. The quantitative estimate of drug-likeness (QED) is 0.750. The molecule has 0 saturated carbocycles. The number of nitrogens with one attached hydrogen (secondary N) is 1. The maximum atomic E-state index is 12.1. The number of amides is 1. The number of likely N-dealkylation sites (N-methyl/N-ethyl adjacent to an activating group) is 1. The smallest absolute Gasteiger partial charge is 0.225 e. The zero-order chi connectivity index (χ0) is 18.4. The molecule has 0 radical (unpaired) electrons. The first-order valence-corrected chi connectivity index (χ1v) is 10.2. The van der Waals surface area contributed by atoms with Gasteiger partial charge in [0.1, 0.15) is 0 Å². The molecule has 2 aromatic carbocycles. The van der Waals surface area contributed by atoms with E-state index in [9.17, 15) is 4.79 Å². The van der Waals surface area contributed by atoms with Gasteiger partial charge in [-0.25, -0.2) is 0 Å². The summed E-state index contributed by atoms with van der Waals surface area (Å²) in [5.74, 6) is 0.728. The van der Waals surface area contributed by atoms with Crippen molar-refractivity contribution in [2.45, 2.75) is 11.3 Å². The van der Waals surface area contributed by atoms with Gasteiger partial charge in [0.15, 0.2) is 0 Å². The van der Waals surface area contributed by atoms with E-state index in [1.807, 2.05) is 36.4 Å². The van der Waals surface area contributed by atoms with Gasteiger partial charge < -0.3 is 15.1 Å². The first-order valence-electron chi connectivity index (χ1n) is 8.82. The van der Waals surface area contributed by atoms with E-state index in [-0.39, 0.29) is 5.91 Å². The molecule has 0 unspecified atom stereocenters. The Bertz CT molecular complexity index is 730. The van der Waals surface area contributed by atoms with Crippen LogP contribution in [0.25, 0.3) is 0 Å². The third-order valence-electron chi connectivity index (χ3n) is 4.44. The van der Waals surface area contributed by atoms with Crippen molar-refractivity contribution in [3.63, 3.8) is 0 Å². The van der Waals surface area contributed by atoms with Gasteiger partial charge in [-0.05, 0) is 43.4 Å². The minimum Gasteiger partial charge on any atom is -0.369 e. The monoisotopic (exact) mass is 389 g/mol. The fraction of sp³-hybridized carbons (Fsp3) is 0.350. The standard InChI is InChI=1S/C20H24ClN3OS/c1-23-11-13-24(14-12-23)17-8-6-16(7-9-17)22-20(25)10-15-26-19-5-3-2-4-18(19)21/h2-9H,10-15H2,1H3,(H,22,25). The molecule has 1 N–H and O–H groups in total. The molecule has 26 heavy (non-hydrogen) atoms. The first kappa shape index (κ1) is 19.1. The fourth-order valence-electron chi connectivity index (χ4n) is 2.86. The minimum absolute atomic E-state index is 0.0249. The molecule has 138 valence electrons. The van der Waals surface area contributed by atoms with Crippen LogP contribution in [0.1, 0.15) is 6.42 Å². The number of benzene rings is 2. The van der Waals surface area contributed by atoms with Crippen molar-refractivity contribution >= 4 is 40.6 Å². The van der Waals surface area contributed by atoms with Crippen LogP contribution < -0.4 is 10.2 Å². The Kier molecular flexibility index (Phi) is 6.83. The van der Waals surface area contributed by atoms with E-state index in [0.29, 0.717) is 12.2 Å². The SMILES string of the molecule is CN1CCN(c2ccc(NC(=O)CCSc3ccccc3Cl)cc2)CC1. The fourth-order valence-corrected chi connectivity index (χ4v) is 4.05. The molecule has 1 heterocycles. The van der Waals surface area contributed by atoms with Gasteiger partial charge >= 0.3 is 0 Å². The molecule has 0 aromatic heterocycles. The Balaban J connectivity index is 1.45. The molecule has 0 atom stereocenters. The second-order valence-electron chi connectivity index (χ2n) is 6.41. The van der Waals surface area contributed by atoms with Crippen molar-refractivity contribution in [1.82, 2.24) is 4.90 Å². The minimum atomic E-state index is 0.0249. The lowest BCUT2D eigenvalue weighted by atomic mass is 10.2. The highest BCUT2D eigenvalue weighted by atomic mass is 35.5. The largest absolute Gasteiger partial charge is 0.369 e. The molecule has 0 bridgehead atoms. The van der Waals surface area contributed by atoms with E-state index >= 15 is 0 Å². The van der Waals surface area contributed by atoms with Crippen molar-refractivity contribution < 1.29 is 4.79 Å². The van der Waals surface area contributed by atoms with Gasteiger partial charge in [-0.2, -0.15) is 0 Å². The third-order valence-corrected chi connectivity index (χ3v) is 5.96. The molecule has 6 heteroatoms. The summed E-state index contributed by atoms with van der Waals surface area (Å²) >= 11 is 7.73. The van der Waals surface area contributed by atoms with E-state index in [4.69, 9.17) is 11.6 Å². The number of nitrogens with zero attached hydrogens (tertiary/aromatic N) is 2. The van der Waals surface area contributed by atoms with Crippen LogP contribution in [0.3, 0.4) is 0 Å². The molecule has 3 rings (SSSR count). The molecule has 1 amide bonds. The average Bonchev–Trinajstić information content (AvgIpc) is 2.65. The number of thioether (sulfide) groups is 1. The van der Waals surface area contributed by atoms with Crippen molar-refractivity contribution in [3.8, 4) is 0 Å². The zero-order valence-electron chi connectivity index (χ0n) is 15.0. The number of piperazine rings is 1. The van der Waals surface area contributed by atoms with E-state index in [2.05, 4.69) is 34.3 Å². The predicted octanol–water partition coefficient (Wildman–Crippen LogP) is 4.21. The molecule has 0 spiro atoms. The third kappa shape index (κ3) is 5.40. The number of carbonyl (C=O) groups is 1. The number of rotatable bonds is 6. The normalized spacial score (nSPS) is 15.1. The van der Waals surface area contributed by atoms with Crippen LogP contribution in [0.15, 0.2) is 53.4 Å². The number of anilines is 2. The van der Waals surface area contributed by atoms with E-state index in [1.165, 1.54) is 5.69 Å². The van der Waals surface area contributed by atoms with Crippen molar-refractivity contribution in [3.05, 3.63) is 53.6 Å². The van der Waals surface area contributed by atoms with Crippen LogP contribution in [-0.4, -0.2) is 49.8 Å². The van der Waals surface area contributed by atoms with E-state index < -0.39 is 0 Å². The molecule has 1 fully saturated rings. The summed E-state index contributed by atoms with van der Waals surface area (Å²) < 4.78 is 0. The summed E-state index contributed by atoms with van der Waals surface area (Å²) in [6.07, 6.45) is 0.454. The topological polar surface area (TPSA) is 35.6 Å². The second-order valence-corrected chi connectivity index (χ2v) is 7.96. The highest BCUT2D eigenvalue weighted by molar-refractivity contribution is 7.99. The average molecular weight is 390 g/mol. The summed E-state index contributed by atoms with van der Waals surface area (Å²) in [4.78, 5) is 17.9. The maximum Gasteiger partial charge on any atom is 0.225 e. The van der Waals surface area contributed by atoms with Gasteiger partial charge in [0.2, 0.25) is 5.91 Å². The summed E-state index contributed by atoms with van der Waals surface area (Å²) in [6, 6.07) is 15.8. The van der Waals surface area contributed by atoms with Gasteiger partial charge in [0.05, 0.1) is 5.02 Å². The molecule has 1 aliphatic rings. The van der Waals surface area contributed by atoms with Gasteiger partial charge in [0, 0.05) is 54.6 Å². The van der Waals surface area contributed by atoms with Gasteiger partial charge in [0.25, 0.3) is 0 Å². The van der Waals surface area contributed by atoms with Crippen molar-refractivity contribution in [2.75, 3.05) is 49.2 Å². The molecule has 4 nitrogen and oxygen atoms in total. The molecule has 1 aliphatic heterocycles. The summed E-state index contributed by atoms with van der Waals surface area (Å²) in [6.45, 7) is 4.26. The molecular weight excluding hydrogens is 366 g/mol. The van der Waals surface area contributed by atoms with Crippen LogP contribution in [0.5, 0.6) is 0 Å². The Morgan fingerprint density at radius 1 is 1.08 bits per heavy atom. The first-order chi connectivity index (χ1) is 12.6. The number of carbonyl (C=O) groups excluding carboxylic acids is 1. The molecule has 2 aromatic rings. The molecule has 0 aliphatic carbocycles. The second kappa shape index (κ2) is 9.31. The number of hydrogen-bond donors (Lipinski definition) is 1. The van der Waals surface area contributed by atoms with Gasteiger partial charge in [-0.1, -0.05) is 23.7 Å². The summed E-state index contributed by atoms with van der Waals surface area (Å²) in [5.41, 5.74) is 2.06. The Morgan fingerprint density at radius 3 is 2.46 bits per heavy atom.